The van der Waals surface area contributed by atoms with Crippen LogP contribution in [0.1, 0.15) is 35.7 Å². The van der Waals surface area contributed by atoms with E-state index in [0.717, 1.165) is 5.56 Å². The molecule has 0 aliphatic heterocycles. The summed E-state index contributed by atoms with van der Waals surface area (Å²) >= 11 is 1.33. The molecule has 0 bridgehead atoms. The summed E-state index contributed by atoms with van der Waals surface area (Å²) in [5, 5.41) is 6.47. The lowest BCUT2D eigenvalue weighted by atomic mass is 10.2. The van der Waals surface area contributed by atoms with Crippen molar-refractivity contribution in [3.05, 3.63) is 59.0 Å². The molecule has 9 nitrogen and oxygen atoms in total. The molecule has 0 radical (unpaired) electrons. The van der Waals surface area contributed by atoms with Gasteiger partial charge < -0.3 is 18.6 Å². The number of carbonyl (C=O) groups excluding carboxylic acids is 2. The van der Waals surface area contributed by atoms with Gasteiger partial charge in [0.05, 0.1) is 37.8 Å². The van der Waals surface area contributed by atoms with Crippen molar-refractivity contribution in [1.82, 2.24) is 4.98 Å². The van der Waals surface area contributed by atoms with Crippen LogP contribution in [0.5, 0.6) is 11.5 Å². The Labute approximate surface area is 182 Å². The van der Waals surface area contributed by atoms with Crippen LogP contribution >= 0.6 is 11.3 Å². The summed E-state index contributed by atoms with van der Waals surface area (Å²) in [6.07, 6.45) is 3.09. The minimum absolute atomic E-state index is 0.100. The zero-order valence-corrected chi connectivity index (χ0v) is 17.8. The number of nitrogens with one attached hydrogen (secondary N) is 1. The monoisotopic (exact) mass is 443 g/mol. The molecule has 0 saturated heterocycles. The van der Waals surface area contributed by atoms with E-state index in [4.69, 9.17) is 18.6 Å². The molecule has 3 aromatic rings. The lowest BCUT2D eigenvalue weighted by Crippen LogP contribution is -2.09. The Morgan fingerprint density at radius 2 is 2.10 bits per heavy atom. The maximum Gasteiger partial charge on any atom is 0.379 e. The van der Waals surface area contributed by atoms with E-state index in [1.165, 1.54) is 23.7 Å². The Morgan fingerprint density at radius 3 is 2.84 bits per heavy atom. The second-order valence-electron chi connectivity index (χ2n) is 6.00. The third-order valence-electron chi connectivity index (χ3n) is 3.75. The summed E-state index contributed by atoms with van der Waals surface area (Å²) < 4.78 is 20.9. The molecular formula is C21H21N3O6S. The van der Waals surface area contributed by atoms with Gasteiger partial charge in [-0.05, 0) is 49.7 Å². The van der Waals surface area contributed by atoms with Crippen molar-refractivity contribution in [3.63, 3.8) is 0 Å². The highest BCUT2D eigenvalue weighted by molar-refractivity contribution is 7.13. The first-order valence-corrected chi connectivity index (χ1v) is 10.4. The molecule has 0 unspecified atom stereocenters. The standard InChI is InChI=1S/C21H21N3O6S/c1-3-27-18-10-14(7-8-16(18)30-20(26)17-6-5-9-29-17)12-22-24-21-23-15(13-31-21)11-19(25)28-4-2/h5-10,12-13H,3-4,11H2,1-2H3,(H,23,24). The number of benzene rings is 1. The SMILES string of the molecule is CCOC(=O)Cc1csc(NN=Cc2ccc(OC(=O)c3ccco3)c(OCC)c2)n1. The summed E-state index contributed by atoms with van der Waals surface area (Å²) in [5.41, 5.74) is 4.15. The normalized spacial score (nSPS) is 10.8. The Kier molecular flexibility index (Phi) is 7.77. The molecule has 1 N–H and O–H groups in total. The van der Waals surface area contributed by atoms with Crippen LogP contribution in [0, 0.1) is 0 Å². The molecule has 0 saturated carbocycles. The van der Waals surface area contributed by atoms with Gasteiger partial charge in [-0.1, -0.05) is 0 Å². The molecule has 2 heterocycles. The highest BCUT2D eigenvalue weighted by Gasteiger charge is 2.15. The maximum absolute atomic E-state index is 12.1. The van der Waals surface area contributed by atoms with E-state index < -0.39 is 5.97 Å². The first kappa shape index (κ1) is 22.0. The molecule has 0 spiro atoms. The van der Waals surface area contributed by atoms with Crippen LogP contribution in [0.15, 0.2) is 51.5 Å². The van der Waals surface area contributed by atoms with Gasteiger partial charge in [0.15, 0.2) is 11.5 Å². The average molecular weight is 443 g/mol. The Balaban J connectivity index is 1.63. The minimum atomic E-state index is -0.614. The number of thiazole rings is 1. The van der Waals surface area contributed by atoms with Crippen LogP contribution in [-0.2, 0) is 16.0 Å². The average Bonchev–Trinajstić information content (AvgIpc) is 3.43. The number of hydrogen-bond acceptors (Lipinski definition) is 10. The molecule has 0 aliphatic rings. The second-order valence-corrected chi connectivity index (χ2v) is 6.86. The van der Waals surface area contributed by atoms with Gasteiger partial charge in [-0.15, -0.1) is 11.3 Å². The van der Waals surface area contributed by atoms with Crippen molar-refractivity contribution >= 4 is 34.6 Å². The van der Waals surface area contributed by atoms with Crippen molar-refractivity contribution in [2.75, 3.05) is 18.6 Å². The van der Waals surface area contributed by atoms with Gasteiger partial charge in [-0.3, -0.25) is 10.2 Å². The summed E-state index contributed by atoms with van der Waals surface area (Å²) in [7, 11) is 0. The van der Waals surface area contributed by atoms with Gasteiger partial charge in [0, 0.05) is 5.38 Å². The van der Waals surface area contributed by atoms with E-state index in [0.29, 0.717) is 29.8 Å². The van der Waals surface area contributed by atoms with Gasteiger partial charge in [0.25, 0.3) is 0 Å². The summed E-state index contributed by atoms with van der Waals surface area (Å²) in [6.45, 7) is 4.32. The zero-order chi connectivity index (χ0) is 22.1. The van der Waals surface area contributed by atoms with E-state index >= 15 is 0 Å². The number of rotatable bonds is 10. The van der Waals surface area contributed by atoms with Crippen LogP contribution in [0.2, 0.25) is 0 Å². The number of anilines is 1. The Bertz CT molecular complexity index is 1050. The van der Waals surface area contributed by atoms with Gasteiger partial charge in [-0.2, -0.15) is 5.10 Å². The molecule has 10 heteroatoms. The van der Waals surface area contributed by atoms with Crippen molar-refractivity contribution in [3.8, 4) is 11.5 Å². The molecule has 1 aromatic carbocycles. The molecule has 3 rings (SSSR count). The first-order valence-electron chi connectivity index (χ1n) is 9.50. The predicted octanol–water partition coefficient (Wildman–Crippen LogP) is 3.91. The fourth-order valence-electron chi connectivity index (χ4n) is 2.46. The molecule has 0 aliphatic carbocycles. The highest BCUT2D eigenvalue weighted by atomic mass is 32.1. The number of esters is 2. The number of ether oxygens (including phenoxy) is 3. The third kappa shape index (κ3) is 6.41. The van der Waals surface area contributed by atoms with Gasteiger partial charge in [-0.25, -0.2) is 9.78 Å². The van der Waals surface area contributed by atoms with Gasteiger partial charge >= 0.3 is 11.9 Å². The quantitative estimate of drug-likeness (QED) is 0.217. The second kappa shape index (κ2) is 10.9. The predicted molar refractivity (Wildman–Crippen MR) is 115 cm³/mol. The van der Waals surface area contributed by atoms with Crippen molar-refractivity contribution in [2.45, 2.75) is 20.3 Å². The number of aromatic nitrogens is 1. The number of carbonyl (C=O) groups is 2. The van der Waals surface area contributed by atoms with Crippen LogP contribution < -0.4 is 14.9 Å². The van der Waals surface area contributed by atoms with Gasteiger partial charge in [0.1, 0.15) is 0 Å². The number of hydrazone groups is 1. The zero-order valence-electron chi connectivity index (χ0n) is 17.0. The highest BCUT2D eigenvalue weighted by Crippen LogP contribution is 2.29. The molecule has 0 amide bonds. The summed E-state index contributed by atoms with van der Waals surface area (Å²) in [6, 6.07) is 8.18. The lowest BCUT2D eigenvalue weighted by molar-refractivity contribution is -0.142. The summed E-state index contributed by atoms with van der Waals surface area (Å²) in [4.78, 5) is 27.9. The van der Waals surface area contributed by atoms with Crippen LogP contribution in [0.25, 0.3) is 0 Å². The van der Waals surface area contributed by atoms with Crippen LogP contribution in [-0.4, -0.2) is 36.4 Å². The molecule has 0 atom stereocenters. The first-order chi connectivity index (χ1) is 15.1. The molecular weight excluding hydrogens is 422 g/mol. The number of hydrogen-bond donors (Lipinski definition) is 1. The molecule has 31 heavy (non-hydrogen) atoms. The van der Waals surface area contributed by atoms with Crippen LogP contribution in [0.3, 0.4) is 0 Å². The van der Waals surface area contributed by atoms with Gasteiger partial charge in [0.2, 0.25) is 10.9 Å². The van der Waals surface area contributed by atoms with E-state index in [2.05, 4.69) is 15.5 Å². The Hall–Kier alpha value is -3.66. The summed E-state index contributed by atoms with van der Waals surface area (Å²) in [5.74, 6) is -0.159. The van der Waals surface area contributed by atoms with Crippen LogP contribution in [0.4, 0.5) is 5.13 Å². The largest absolute Gasteiger partial charge is 0.490 e. The maximum atomic E-state index is 12.1. The topological polar surface area (TPSA) is 112 Å². The van der Waals surface area contributed by atoms with E-state index in [1.54, 1.807) is 42.8 Å². The number of furan rings is 1. The molecule has 0 fully saturated rings. The lowest BCUT2D eigenvalue weighted by Gasteiger charge is -2.10. The Morgan fingerprint density at radius 1 is 1.23 bits per heavy atom. The third-order valence-corrected chi connectivity index (χ3v) is 4.54. The minimum Gasteiger partial charge on any atom is -0.490 e. The smallest absolute Gasteiger partial charge is 0.379 e. The fraction of sp³-hybridized carbons (Fsp3) is 0.238. The van der Waals surface area contributed by atoms with Crippen molar-refractivity contribution in [1.29, 1.82) is 0 Å². The van der Waals surface area contributed by atoms with E-state index in [1.807, 2.05) is 6.92 Å². The fourth-order valence-corrected chi connectivity index (χ4v) is 3.12. The van der Waals surface area contributed by atoms with Crippen molar-refractivity contribution in [2.24, 2.45) is 5.10 Å². The molecule has 2 aromatic heterocycles. The molecule has 162 valence electrons. The van der Waals surface area contributed by atoms with E-state index in [9.17, 15) is 9.59 Å². The van der Waals surface area contributed by atoms with Crippen molar-refractivity contribution < 1.29 is 28.2 Å². The van der Waals surface area contributed by atoms with E-state index in [-0.39, 0.29) is 23.9 Å². The number of nitrogens with zero attached hydrogens (tertiary/aromatic N) is 2.